The maximum absolute atomic E-state index is 11.1. The molecular formula is C36H50N2O14S2. The van der Waals surface area contributed by atoms with E-state index < -0.39 is 73.4 Å². The van der Waals surface area contributed by atoms with Gasteiger partial charge < -0.3 is 69.0 Å². The van der Waals surface area contributed by atoms with Gasteiger partial charge in [-0.2, -0.15) is 0 Å². The van der Waals surface area contributed by atoms with Gasteiger partial charge in [-0.15, -0.1) is 0 Å². The van der Waals surface area contributed by atoms with Gasteiger partial charge in [-0.3, -0.25) is 9.59 Å². The fourth-order valence-corrected chi connectivity index (χ4v) is 5.65. The molecule has 0 aromatic heterocycles. The molecule has 2 saturated heterocycles. The minimum atomic E-state index is -1.37. The zero-order valence-corrected chi connectivity index (χ0v) is 32.5. The van der Waals surface area contributed by atoms with Crippen LogP contribution in [0.25, 0.3) is 0 Å². The van der Waals surface area contributed by atoms with E-state index in [1.807, 2.05) is 38.1 Å². The quantitative estimate of drug-likeness (QED) is 0.133. The maximum Gasteiger partial charge on any atom is 0.303 e. The van der Waals surface area contributed by atoms with E-state index in [4.69, 9.17) is 62.3 Å². The lowest BCUT2D eigenvalue weighted by molar-refractivity contribution is -0.272. The number of esters is 2. The second-order valence-corrected chi connectivity index (χ2v) is 12.9. The molecule has 2 aromatic rings. The molecule has 10 unspecified atom stereocenters. The second-order valence-electron chi connectivity index (χ2n) is 12.2. The Morgan fingerprint density at radius 3 is 1.26 bits per heavy atom. The molecule has 4 rings (SSSR count). The molecular weight excluding hydrogens is 749 g/mol. The molecule has 2 aromatic carbocycles. The number of nitrogens with one attached hydrogen (secondary N) is 2. The molecule has 2 aliphatic rings. The lowest BCUT2D eigenvalue weighted by atomic mass is 9.99. The monoisotopic (exact) mass is 798 g/mol. The Hall–Kier alpha value is -3.88. The van der Waals surface area contributed by atoms with Crippen molar-refractivity contribution < 1.29 is 67.9 Å². The molecule has 0 saturated carbocycles. The van der Waals surface area contributed by atoms with Gasteiger partial charge in [0.05, 0.1) is 25.4 Å². The highest BCUT2D eigenvalue weighted by atomic mass is 32.1. The highest BCUT2D eigenvalue weighted by Gasteiger charge is 2.47. The van der Waals surface area contributed by atoms with Crippen LogP contribution in [0.5, 0.6) is 11.5 Å². The number of thiocarbonyl (C=S) groups is 2. The van der Waals surface area contributed by atoms with Gasteiger partial charge in [0.15, 0.2) is 12.2 Å². The fourth-order valence-electron chi connectivity index (χ4n) is 5.27. The van der Waals surface area contributed by atoms with Crippen LogP contribution in [0.3, 0.4) is 0 Å². The summed E-state index contributed by atoms with van der Waals surface area (Å²) in [6.07, 6.45) is -10.7. The van der Waals surface area contributed by atoms with E-state index in [1.54, 1.807) is 38.1 Å². The Balaban J connectivity index is 0.000000290. The average Bonchev–Trinajstić information content (AvgIpc) is 3.13. The number of carbonyl (C=O) groups is 2. The molecule has 0 spiro atoms. The molecule has 2 fully saturated rings. The first-order valence-electron chi connectivity index (χ1n) is 17.3. The minimum absolute atomic E-state index is 0.335. The van der Waals surface area contributed by atoms with Gasteiger partial charge in [0.25, 0.3) is 10.3 Å². The van der Waals surface area contributed by atoms with Gasteiger partial charge >= 0.3 is 11.9 Å². The van der Waals surface area contributed by atoms with Gasteiger partial charge in [0.2, 0.25) is 12.6 Å². The number of hydrogen-bond acceptors (Lipinski definition) is 16. The standard InChI is InChI=1S/2C18H25NO7S/c2*1-4-23-18(27)19-9-12-5-7-13(8-6-12)26-17-15(22)14(21)16(10(2)24-17)25-11(3)20/h2*5-8,10,14-17,21-22H,4,9H2,1-3H3,(H,19,27). The third-order valence-corrected chi connectivity index (χ3v) is 8.46. The Bertz CT molecular complexity index is 1390. The van der Waals surface area contributed by atoms with E-state index in [0.717, 1.165) is 11.1 Å². The number of rotatable bonds is 12. The predicted molar refractivity (Wildman–Crippen MR) is 200 cm³/mol. The zero-order valence-electron chi connectivity index (χ0n) is 30.9. The molecule has 54 heavy (non-hydrogen) atoms. The number of aliphatic hydroxyl groups excluding tert-OH is 4. The van der Waals surface area contributed by atoms with Gasteiger partial charge in [-0.05, 0) is 87.5 Å². The lowest BCUT2D eigenvalue weighted by Crippen LogP contribution is -2.59. The Morgan fingerprint density at radius 1 is 0.630 bits per heavy atom. The molecule has 0 amide bonds. The smallest absolute Gasteiger partial charge is 0.303 e. The molecule has 0 radical (unpaired) electrons. The summed E-state index contributed by atoms with van der Waals surface area (Å²) in [4.78, 5) is 22.2. The molecule has 0 aliphatic carbocycles. The highest BCUT2D eigenvalue weighted by molar-refractivity contribution is 7.80. The molecule has 2 aliphatic heterocycles. The summed E-state index contributed by atoms with van der Waals surface area (Å²) in [5.41, 5.74) is 1.91. The molecule has 16 nitrogen and oxygen atoms in total. The summed E-state index contributed by atoms with van der Waals surface area (Å²) >= 11 is 10.00. The summed E-state index contributed by atoms with van der Waals surface area (Å²) in [5.74, 6) is -0.204. The van der Waals surface area contributed by atoms with Crippen molar-refractivity contribution in [2.75, 3.05) is 13.2 Å². The van der Waals surface area contributed by atoms with Crippen LogP contribution in [-0.4, -0.2) is 117 Å². The molecule has 2 heterocycles. The number of ether oxygens (including phenoxy) is 8. The third kappa shape index (κ3) is 13.8. The number of aliphatic hydroxyl groups is 4. The van der Waals surface area contributed by atoms with Crippen LogP contribution in [0.1, 0.15) is 52.7 Å². The van der Waals surface area contributed by atoms with Crippen molar-refractivity contribution in [3.8, 4) is 11.5 Å². The van der Waals surface area contributed by atoms with Gasteiger partial charge in [-0.25, -0.2) is 0 Å². The van der Waals surface area contributed by atoms with Crippen molar-refractivity contribution in [1.29, 1.82) is 0 Å². The van der Waals surface area contributed by atoms with Crippen LogP contribution >= 0.6 is 24.4 Å². The summed E-state index contributed by atoms with van der Waals surface area (Å²) < 4.78 is 42.7. The molecule has 6 N–H and O–H groups in total. The van der Waals surface area contributed by atoms with Gasteiger partial charge in [0, 0.05) is 26.9 Å². The van der Waals surface area contributed by atoms with E-state index in [-0.39, 0.29) is 0 Å². The third-order valence-electron chi connectivity index (χ3n) is 7.93. The van der Waals surface area contributed by atoms with Gasteiger partial charge in [0.1, 0.15) is 35.9 Å². The molecule has 300 valence electrons. The van der Waals surface area contributed by atoms with E-state index in [0.29, 0.717) is 48.2 Å². The summed E-state index contributed by atoms with van der Waals surface area (Å²) in [6, 6.07) is 14.2. The van der Waals surface area contributed by atoms with Crippen molar-refractivity contribution in [2.45, 2.75) is 116 Å². The predicted octanol–water partition coefficient (Wildman–Crippen LogP) is 1.75. The Kier molecular flexibility index (Phi) is 18.0. The summed E-state index contributed by atoms with van der Waals surface area (Å²) in [5, 5.41) is 47.4. The zero-order chi connectivity index (χ0) is 39.9. The van der Waals surface area contributed by atoms with Crippen LogP contribution in [0.15, 0.2) is 48.5 Å². The van der Waals surface area contributed by atoms with Crippen molar-refractivity contribution in [2.24, 2.45) is 0 Å². The van der Waals surface area contributed by atoms with Crippen molar-refractivity contribution >= 4 is 46.7 Å². The van der Waals surface area contributed by atoms with E-state index in [2.05, 4.69) is 10.6 Å². The van der Waals surface area contributed by atoms with Crippen LogP contribution in [-0.2, 0) is 51.1 Å². The number of benzene rings is 2. The number of hydrogen-bond donors (Lipinski definition) is 6. The van der Waals surface area contributed by atoms with E-state index in [9.17, 15) is 30.0 Å². The SMILES string of the molecule is CCOC(=S)NCc1ccc(OC2OC(C)C(OC(C)=O)C(O)C2O)cc1.CCOC(=S)NCc1ccc(OC2OC(C)C(OC(C)=O)C(O)C2O)cc1. The van der Waals surface area contributed by atoms with Crippen molar-refractivity contribution in [3.05, 3.63) is 59.7 Å². The van der Waals surface area contributed by atoms with Crippen LogP contribution in [0, 0.1) is 0 Å². The largest absolute Gasteiger partial charge is 0.471 e. The van der Waals surface area contributed by atoms with E-state index in [1.165, 1.54) is 13.8 Å². The van der Waals surface area contributed by atoms with Crippen LogP contribution in [0.2, 0.25) is 0 Å². The Morgan fingerprint density at radius 2 is 0.963 bits per heavy atom. The van der Waals surface area contributed by atoms with Crippen molar-refractivity contribution in [3.63, 3.8) is 0 Å². The van der Waals surface area contributed by atoms with Crippen LogP contribution in [0.4, 0.5) is 0 Å². The highest BCUT2D eigenvalue weighted by Crippen LogP contribution is 2.28. The lowest BCUT2D eigenvalue weighted by Gasteiger charge is -2.40. The topological polar surface area (TPSA) is 213 Å². The Labute approximate surface area is 324 Å². The fraction of sp³-hybridized carbons (Fsp3) is 0.556. The summed E-state index contributed by atoms with van der Waals surface area (Å²) in [6.45, 7) is 11.4. The molecule has 0 bridgehead atoms. The molecule has 18 heteroatoms. The first-order chi connectivity index (χ1) is 25.6. The minimum Gasteiger partial charge on any atom is -0.471 e. The van der Waals surface area contributed by atoms with E-state index >= 15 is 0 Å². The first-order valence-corrected chi connectivity index (χ1v) is 18.1. The summed E-state index contributed by atoms with van der Waals surface area (Å²) in [7, 11) is 0. The first kappa shape index (κ1) is 44.5. The normalized spacial score (nSPS) is 27.5. The number of carbonyl (C=O) groups excluding carboxylic acids is 2. The molecule has 10 atom stereocenters. The maximum atomic E-state index is 11.1. The average molecular weight is 799 g/mol. The second kappa shape index (κ2) is 21.9. The van der Waals surface area contributed by atoms with Gasteiger partial charge in [-0.1, -0.05) is 24.3 Å². The van der Waals surface area contributed by atoms with Crippen LogP contribution < -0.4 is 20.1 Å². The van der Waals surface area contributed by atoms with Crippen molar-refractivity contribution in [1.82, 2.24) is 10.6 Å².